The first kappa shape index (κ1) is 9.27. The Balaban J connectivity index is 2.16. The first-order valence-electron chi connectivity index (χ1n) is 4.48. The van der Waals surface area contributed by atoms with Gasteiger partial charge in [0.1, 0.15) is 17.7 Å². The molecule has 0 spiro atoms. The Hall–Kier alpha value is -1.29. The van der Waals surface area contributed by atoms with E-state index in [0.29, 0.717) is 18.9 Å². The predicted octanol–water partition coefficient (Wildman–Crippen LogP) is 1.64. The Morgan fingerprint density at radius 3 is 3.29 bits per heavy atom. The van der Waals surface area contributed by atoms with E-state index < -0.39 is 0 Å². The summed E-state index contributed by atoms with van der Waals surface area (Å²) in [6.45, 7) is 1.19. The van der Waals surface area contributed by atoms with Gasteiger partial charge in [-0.15, -0.1) is 0 Å². The van der Waals surface area contributed by atoms with Crippen LogP contribution < -0.4 is 10.1 Å². The highest BCUT2D eigenvalue weighted by atomic mass is 19.1. The molecule has 0 radical (unpaired) electrons. The van der Waals surface area contributed by atoms with Gasteiger partial charge < -0.3 is 14.8 Å². The molecule has 1 N–H and O–H groups in total. The predicted molar refractivity (Wildman–Crippen MR) is 51.2 cm³/mol. The summed E-state index contributed by atoms with van der Waals surface area (Å²) in [5.74, 6) is 0.266. The smallest absolute Gasteiger partial charge is 0.145 e. The zero-order valence-electron chi connectivity index (χ0n) is 7.92. The number of hydrogen-bond acceptors (Lipinski definition) is 3. The van der Waals surface area contributed by atoms with Crippen molar-refractivity contribution in [3.63, 3.8) is 0 Å². The van der Waals surface area contributed by atoms with Crippen LogP contribution in [-0.2, 0) is 4.74 Å². The summed E-state index contributed by atoms with van der Waals surface area (Å²) in [6, 6.07) is 4.46. The summed E-state index contributed by atoms with van der Waals surface area (Å²) in [5.41, 5.74) is 0.832. The highest BCUT2D eigenvalue weighted by Crippen LogP contribution is 2.29. The van der Waals surface area contributed by atoms with E-state index in [4.69, 9.17) is 9.47 Å². The minimum atomic E-state index is -0.288. The number of rotatable bonds is 2. The van der Waals surface area contributed by atoms with Gasteiger partial charge in [-0.1, -0.05) is 0 Å². The molecule has 1 atom stereocenters. The summed E-state index contributed by atoms with van der Waals surface area (Å²) < 4.78 is 23.4. The maximum absolute atomic E-state index is 12.9. The molecule has 1 aliphatic heterocycles. The normalized spacial score (nSPS) is 19.4. The monoisotopic (exact) mass is 197 g/mol. The van der Waals surface area contributed by atoms with Crippen molar-refractivity contribution in [1.82, 2.24) is 0 Å². The van der Waals surface area contributed by atoms with Gasteiger partial charge in [0.2, 0.25) is 0 Å². The van der Waals surface area contributed by atoms with E-state index in [1.165, 1.54) is 12.1 Å². The van der Waals surface area contributed by atoms with Gasteiger partial charge in [-0.05, 0) is 12.1 Å². The minimum Gasteiger partial charge on any atom is -0.484 e. The molecule has 76 valence electrons. The number of hydrogen-bond donors (Lipinski definition) is 1. The Kier molecular flexibility index (Phi) is 2.54. The molecule has 0 saturated heterocycles. The summed E-state index contributed by atoms with van der Waals surface area (Å²) in [5, 5.41) is 3.15. The zero-order chi connectivity index (χ0) is 9.97. The van der Waals surface area contributed by atoms with Crippen LogP contribution in [0.3, 0.4) is 0 Å². The molecular formula is C10H12FNO2. The van der Waals surface area contributed by atoms with Crippen LogP contribution >= 0.6 is 0 Å². The number of methoxy groups -OCH3 is 1. The van der Waals surface area contributed by atoms with Crippen LogP contribution in [0.25, 0.3) is 0 Å². The van der Waals surface area contributed by atoms with Crippen LogP contribution in [0.4, 0.5) is 10.1 Å². The molecular weight excluding hydrogens is 185 g/mol. The van der Waals surface area contributed by atoms with Crippen LogP contribution in [-0.4, -0.2) is 26.4 Å². The van der Waals surface area contributed by atoms with Crippen molar-refractivity contribution < 1.29 is 13.9 Å². The molecule has 1 aromatic rings. The third-order valence-corrected chi connectivity index (χ3v) is 2.11. The van der Waals surface area contributed by atoms with Gasteiger partial charge in [-0.3, -0.25) is 0 Å². The number of halogens is 1. The summed E-state index contributed by atoms with van der Waals surface area (Å²) in [4.78, 5) is 0. The Morgan fingerprint density at radius 1 is 1.64 bits per heavy atom. The van der Waals surface area contributed by atoms with Crippen molar-refractivity contribution in [2.75, 3.05) is 25.6 Å². The maximum Gasteiger partial charge on any atom is 0.145 e. The topological polar surface area (TPSA) is 30.5 Å². The summed E-state index contributed by atoms with van der Waals surface area (Å²) in [7, 11) is 1.62. The van der Waals surface area contributed by atoms with Crippen LogP contribution in [0.15, 0.2) is 18.2 Å². The molecule has 0 amide bonds. The van der Waals surface area contributed by atoms with E-state index in [1.807, 2.05) is 0 Å². The Bertz CT molecular complexity index is 330. The average molecular weight is 197 g/mol. The van der Waals surface area contributed by atoms with Crippen molar-refractivity contribution in [2.24, 2.45) is 0 Å². The van der Waals surface area contributed by atoms with Crippen molar-refractivity contribution >= 4 is 5.69 Å². The molecule has 0 aromatic heterocycles. The number of fused-ring (bicyclic) bond motifs is 1. The second-order valence-corrected chi connectivity index (χ2v) is 3.22. The number of nitrogens with one attached hydrogen (secondary N) is 1. The van der Waals surface area contributed by atoms with E-state index in [2.05, 4.69) is 5.32 Å². The van der Waals surface area contributed by atoms with Crippen molar-refractivity contribution in [3.05, 3.63) is 24.0 Å². The lowest BCUT2D eigenvalue weighted by molar-refractivity contribution is 0.0845. The molecule has 0 bridgehead atoms. The van der Waals surface area contributed by atoms with E-state index in [9.17, 15) is 4.39 Å². The highest BCUT2D eigenvalue weighted by Gasteiger charge is 2.19. The molecule has 4 heteroatoms. The molecule has 1 unspecified atom stereocenters. The third-order valence-electron chi connectivity index (χ3n) is 2.11. The summed E-state index contributed by atoms with van der Waals surface area (Å²) >= 11 is 0. The molecule has 14 heavy (non-hydrogen) atoms. The van der Waals surface area contributed by atoms with Gasteiger partial charge in [-0.25, -0.2) is 4.39 Å². The lowest BCUT2D eigenvalue weighted by Gasteiger charge is -2.26. The fraction of sp³-hybridized carbons (Fsp3) is 0.400. The second-order valence-electron chi connectivity index (χ2n) is 3.22. The SMILES string of the molecule is COCC1CNc2ccc(F)cc2O1. The fourth-order valence-corrected chi connectivity index (χ4v) is 1.46. The zero-order valence-corrected chi connectivity index (χ0v) is 7.92. The molecule has 1 aromatic carbocycles. The molecule has 1 aliphatic rings. The second kappa shape index (κ2) is 3.84. The quantitative estimate of drug-likeness (QED) is 0.781. The van der Waals surface area contributed by atoms with Crippen LogP contribution in [0.1, 0.15) is 0 Å². The minimum absolute atomic E-state index is 0.0469. The van der Waals surface area contributed by atoms with E-state index in [0.717, 1.165) is 5.69 Å². The van der Waals surface area contributed by atoms with Crippen LogP contribution in [0, 0.1) is 5.82 Å². The van der Waals surface area contributed by atoms with Gasteiger partial charge >= 0.3 is 0 Å². The standard InChI is InChI=1S/C10H12FNO2/c1-13-6-8-5-12-9-3-2-7(11)4-10(9)14-8/h2-4,8,12H,5-6H2,1H3. The van der Waals surface area contributed by atoms with Gasteiger partial charge in [0, 0.05) is 13.2 Å². The van der Waals surface area contributed by atoms with Crippen molar-refractivity contribution in [2.45, 2.75) is 6.10 Å². The Morgan fingerprint density at radius 2 is 2.50 bits per heavy atom. The Labute approximate surface area is 81.8 Å². The van der Waals surface area contributed by atoms with E-state index in [-0.39, 0.29) is 11.9 Å². The van der Waals surface area contributed by atoms with Gasteiger partial charge in [0.15, 0.2) is 0 Å². The molecule has 0 fully saturated rings. The molecule has 2 rings (SSSR count). The van der Waals surface area contributed by atoms with Gasteiger partial charge in [-0.2, -0.15) is 0 Å². The maximum atomic E-state index is 12.9. The lowest BCUT2D eigenvalue weighted by Crippen LogP contribution is -2.34. The third kappa shape index (κ3) is 1.80. The highest BCUT2D eigenvalue weighted by molar-refractivity contribution is 5.57. The molecule has 1 heterocycles. The van der Waals surface area contributed by atoms with Crippen molar-refractivity contribution in [1.29, 1.82) is 0 Å². The van der Waals surface area contributed by atoms with Crippen LogP contribution in [0.2, 0.25) is 0 Å². The first-order valence-corrected chi connectivity index (χ1v) is 4.48. The number of benzene rings is 1. The number of anilines is 1. The summed E-state index contributed by atoms with van der Waals surface area (Å²) in [6.07, 6.45) is -0.0469. The molecule has 0 aliphatic carbocycles. The van der Waals surface area contributed by atoms with Gasteiger partial charge in [0.05, 0.1) is 18.8 Å². The largest absolute Gasteiger partial charge is 0.484 e. The van der Waals surface area contributed by atoms with Crippen LogP contribution in [0.5, 0.6) is 5.75 Å². The van der Waals surface area contributed by atoms with E-state index in [1.54, 1.807) is 13.2 Å². The lowest BCUT2D eigenvalue weighted by atomic mass is 10.2. The first-order chi connectivity index (χ1) is 6.79. The molecule has 3 nitrogen and oxygen atoms in total. The van der Waals surface area contributed by atoms with Gasteiger partial charge in [0.25, 0.3) is 0 Å². The van der Waals surface area contributed by atoms with E-state index >= 15 is 0 Å². The van der Waals surface area contributed by atoms with Crippen molar-refractivity contribution in [3.8, 4) is 5.75 Å². The molecule has 0 saturated carbocycles. The average Bonchev–Trinajstić information content (AvgIpc) is 2.17. The fourth-order valence-electron chi connectivity index (χ4n) is 1.46. The number of ether oxygens (including phenoxy) is 2.